The lowest BCUT2D eigenvalue weighted by molar-refractivity contribution is -0.129. The number of nitrogens with zero attached hydrogens (tertiary/aromatic N) is 1. The largest absolute Gasteiger partial charge is 0.465 e. The van der Waals surface area contributed by atoms with Crippen molar-refractivity contribution in [2.45, 2.75) is 51.2 Å². The molecule has 1 saturated carbocycles. The molecule has 1 N–H and O–H groups in total. The molecular formula is C25H24N2O4. The van der Waals surface area contributed by atoms with E-state index in [9.17, 15) is 9.59 Å². The van der Waals surface area contributed by atoms with E-state index in [4.69, 9.17) is 14.1 Å². The Morgan fingerprint density at radius 2 is 2.03 bits per heavy atom. The number of esters is 1. The molecular weight excluding hydrogens is 392 g/mol. The molecule has 6 heteroatoms. The van der Waals surface area contributed by atoms with Gasteiger partial charge >= 0.3 is 5.97 Å². The van der Waals surface area contributed by atoms with E-state index in [1.54, 1.807) is 13.2 Å². The highest BCUT2D eigenvalue weighted by molar-refractivity contribution is 6.07. The number of pyridine rings is 1. The van der Waals surface area contributed by atoms with Gasteiger partial charge in [0, 0.05) is 11.4 Å². The van der Waals surface area contributed by atoms with Gasteiger partial charge in [-0.15, -0.1) is 0 Å². The van der Waals surface area contributed by atoms with Gasteiger partial charge in [0.15, 0.2) is 6.10 Å². The molecule has 2 aromatic heterocycles. The number of fused-ring (bicyclic) bond motifs is 2. The zero-order chi connectivity index (χ0) is 21.4. The highest BCUT2D eigenvalue weighted by Gasteiger charge is 2.30. The number of benzene rings is 1. The Balaban J connectivity index is 1.55. The van der Waals surface area contributed by atoms with E-state index in [-0.39, 0.29) is 11.9 Å². The third kappa shape index (κ3) is 3.98. The van der Waals surface area contributed by atoms with Crippen LogP contribution in [-0.2, 0) is 16.0 Å². The van der Waals surface area contributed by atoms with Crippen LogP contribution in [0.1, 0.15) is 60.0 Å². The summed E-state index contributed by atoms with van der Waals surface area (Å²) in [6.07, 6.45) is 7.24. The molecule has 2 aliphatic carbocycles. The molecule has 0 aliphatic heterocycles. The van der Waals surface area contributed by atoms with Crippen LogP contribution in [0.15, 0.2) is 47.1 Å². The second kappa shape index (κ2) is 8.02. The summed E-state index contributed by atoms with van der Waals surface area (Å²) in [7, 11) is 0. The molecule has 1 aromatic carbocycles. The first-order valence-electron chi connectivity index (χ1n) is 10.8. The summed E-state index contributed by atoms with van der Waals surface area (Å²) >= 11 is 0. The average Bonchev–Trinajstić information content (AvgIpc) is 3.44. The number of nitrogens with one attached hydrogen (secondary N) is 1. The van der Waals surface area contributed by atoms with Gasteiger partial charge in [0.2, 0.25) is 0 Å². The van der Waals surface area contributed by atoms with Crippen molar-refractivity contribution in [2.24, 2.45) is 0 Å². The molecule has 0 saturated heterocycles. The summed E-state index contributed by atoms with van der Waals surface area (Å²) in [6, 6.07) is 11.5. The molecule has 0 radical (unpaired) electrons. The van der Waals surface area contributed by atoms with E-state index < -0.39 is 12.1 Å². The Bertz CT molecular complexity index is 1180. The second-order valence-corrected chi connectivity index (χ2v) is 8.20. The van der Waals surface area contributed by atoms with Crippen LogP contribution >= 0.6 is 0 Å². The lowest BCUT2D eigenvalue weighted by atomic mass is 9.86. The molecule has 2 heterocycles. The maximum absolute atomic E-state index is 13.3. The van der Waals surface area contributed by atoms with Gasteiger partial charge in [-0.05, 0) is 74.4 Å². The Morgan fingerprint density at radius 3 is 2.81 bits per heavy atom. The molecule has 0 bridgehead atoms. The van der Waals surface area contributed by atoms with Crippen molar-refractivity contribution >= 4 is 34.4 Å². The zero-order valence-corrected chi connectivity index (χ0v) is 17.4. The van der Waals surface area contributed by atoms with Gasteiger partial charge in [0.1, 0.15) is 5.76 Å². The minimum absolute atomic E-state index is 0.220. The molecule has 0 unspecified atom stereocenters. The fourth-order valence-electron chi connectivity index (χ4n) is 4.07. The van der Waals surface area contributed by atoms with Gasteiger partial charge in [-0.2, -0.15) is 0 Å². The topological polar surface area (TPSA) is 81.4 Å². The number of carbonyl (C=O) groups excluding carboxylic acids is 2. The predicted octanol–water partition coefficient (Wildman–Crippen LogP) is 4.53. The maximum Gasteiger partial charge on any atom is 0.339 e. The first kappa shape index (κ1) is 19.5. The Morgan fingerprint density at radius 1 is 1.19 bits per heavy atom. The molecule has 31 heavy (non-hydrogen) atoms. The Hall–Kier alpha value is -3.41. The number of ether oxygens (including phenoxy) is 1. The van der Waals surface area contributed by atoms with E-state index in [0.29, 0.717) is 5.56 Å². The third-order valence-corrected chi connectivity index (χ3v) is 5.81. The fourth-order valence-corrected chi connectivity index (χ4v) is 4.07. The van der Waals surface area contributed by atoms with Gasteiger partial charge in [-0.3, -0.25) is 4.79 Å². The molecule has 1 fully saturated rings. The minimum atomic E-state index is -0.850. The summed E-state index contributed by atoms with van der Waals surface area (Å²) in [5.41, 5.74) is 3.97. The third-order valence-electron chi connectivity index (χ3n) is 5.81. The van der Waals surface area contributed by atoms with Crippen molar-refractivity contribution in [1.29, 1.82) is 0 Å². The number of furan rings is 1. The van der Waals surface area contributed by atoms with E-state index >= 15 is 0 Å². The minimum Gasteiger partial charge on any atom is -0.465 e. The molecule has 1 atom stereocenters. The number of amides is 1. The SMILES string of the molecule is C[C@H](OC(=O)c1c2c(nc3ccccc13)/C(=C/c1ccco1)CCC2)C(=O)NC1CC1. The standard InChI is InChI=1S/C25H24N2O4/c1-15(24(28)26-17-11-12-17)31-25(29)22-19-8-2-3-10-21(19)27-23-16(6-4-9-20(22)23)14-18-7-5-13-30-18/h2-3,5,7-8,10,13-15,17H,4,6,9,11-12H2,1H3,(H,26,28)/b16-14+/t15-/m0/s1. The fraction of sp³-hybridized carbons (Fsp3) is 0.320. The van der Waals surface area contributed by atoms with Gasteiger partial charge in [-0.1, -0.05) is 18.2 Å². The monoisotopic (exact) mass is 416 g/mol. The van der Waals surface area contributed by atoms with Crippen LogP contribution in [0.3, 0.4) is 0 Å². The number of aromatic nitrogens is 1. The number of hydrogen-bond acceptors (Lipinski definition) is 5. The zero-order valence-electron chi connectivity index (χ0n) is 17.4. The van der Waals surface area contributed by atoms with E-state index in [1.807, 2.05) is 42.5 Å². The van der Waals surface area contributed by atoms with Crippen LogP contribution in [0.25, 0.3) is 22.6 Å². The van der Waals surface area contributed by atoms with Gasteiger partial charge < -0.3 is 14.5 Å². The van der Waals surface area contributed by atoms with E-state index in [0.717, 1.165) is 65.6 Å². The molecule has 158 valence electrons. The summed E-state index contributed by atoms with van der Waals surface area (Å²) < 4.78 is 11.1. The maximum atomic E-state index is 13.3. The van der Waals surface area contributed by atoms with Crippen molar-refractivity contribution in [1.82, 2.24) is 10.3 Å². The van der Waals surface area contributed by atoms with Gasteiger partial charge in [0.25, 0.3) is 5.91 Å². The van der Waals surface area contributed by atoms with E-state index in [2.05, 4.69) is 5.32 Å². The van der Waals surface area contributed by atoms with Crippen molar-refractivity contribution in [3.05, 3.63) is 65.2 Å². The van der Waals surface area contributed by atoms with Crippen molar-refractivity contribution in [3.63, 3.8) is 0 Å². The number of hydrogen-bond donors (Lipinski definition) is 1. The summed E-state index contributed by atoms with van der Waals surface area (Å²) in [4.78, 5) is 30.5. The van der Waals surface area contributed by atoms with Crippen LogP contribution < -0.4 is 5.32 Å². The van der Waals surface area contributed by atoms with Crippen molar-refractivity contribution in [2.75, 3.05) is 0 Å². The normalized spacial score (nSPS) is 17.9. The summed E-state index contributed by atoms with van der Waals surface area (Å²) in [6.45, 7) is 1.62. The number of allylic oxidation sites excluding steroid dienone is 1. The highest BCUT2D eigenvalue weighted by Crippen LogP contribution is 2.36. The molecule has 0 spiro atoms. The quantitative estimate of drug-likeness (QED) is 0.618. The Kier molecular flexibility index (Phi) is 5.06. The summed E-state index contributed by atoms with van der Waals surface area (Å²) in [5.74, 6) is 0.0290. The van der Waals surface area contributed by atoms with Crippen LogP contribution in [0, 0.1) is 0 Å². The summed E-state index contributed by atoms with van der Waals surface area (Å²) in [5, 5.41) is 3.64. The van der Waals surface area contributed by atoms with Crippen molar-refractivity contribution in [3.8, 4) is 0 Å². The molecule has 3 aromatic rings. The second-order valence-electron chi connectivity index (χ2n) is 8.20. The van der Waals surface area contributed by atoms with Crippen LogP contribution in [0.4, 0.5) is 0 Å². The van der Waals surface area contributed by atoms with Gasteiger partial charge in [-0.25, -0.2) is 9.78 Å². The number of para-hydroxylation sites is 1. The van der Waals surface area contributed by atoms with Crippen LogP contribution in [0.2, 0.25) is 0 Å². The first-order valence-corrected chi connectivity index (χ1v) is 10.8. The lowest BCUT2D eigenvalue weighted by Gasteiger charge is -2.23. The molecule has 1 amide bonds. The van der Waals surface area contributed by atoms with Gasteiger partial charge in [0.05, 0.1) is 23.0 Å². The predicted molar refractivity (Wildman–Crippen MR) is 117 cm³/mol. The number of carbonyl (C=O) groups is 2. The molecule has 2 aliphatic rings. The lowest BCUT2D eigenvalue weighted by Crippen LogP contribution is -2.37. The number of rotatable bonds is 5. The highest BCUT2D eigenvalue weighted by atomic mass is 16.5. The van der Waals surface area contributed by atoms with Crippen molar-refractivity contribution < 1.29 is 18.7 Å². The van der Waals surface area contributed by atoms with E-state index in [1.165, 1.54) is 0 Å². The van der Waals surface area contributed by atoms with Crippen LogP contribution in [-0.4, -0.2) is 29.0 Å². The molecule has 6 nitrogen and oxygen atoms in total. The van der Waals surface area contributed by atoms with Crippen LogP contribution in [0.5, 0.6) is 0 Å². The Labute approximate surface area is 180 Å². The first-order chi connectivity index (χ1) is 15.1. The average molecular weight is 416 g/mol. The smallest absolute Gasteiger partial charge is 0.339 e. The molecule has 5 rings (SSSR count).